The number of hydrogen-bond donors (Lipinski definition) is 3. The van der Waals surface area contributed by atoms with E-state index in [1.165, 1.54) is 6.07 Å². The molecule has 20 heavy (non-hydrogen) atoms. The number of carboxylic acid groups (broad SMARTS) is 1. The van der Waals surface area contributed by atoms with Gasteiger partial charge in [-0.2, -0.15) is 0 Å². The summed E-state index contributed by atoms with van der Waals surface area (Å²) in [5.41, 5.74) is 5.41. The maximum atomic E-state index is 11.4. The minimum Gasteiger partial charge on any atom is -0.476 e. The van der Waals surface area contributed by atoms with E-state index in [1.54, 1.807) is 26.8 Å². The van der Waals surface area contributed by atoms with Crippen LogP contribution in [0.2, 0.25) is 0 Å². The number of nitrogens with two attached hydrogens (primary N) is 1. The van der Waals surface area contributed by atoms with Gasteiger partial charge >= 0.3 is 12.1 Å². The second kappa shape index (κ2) is 6.23. The summed E-state index contributed by atoms with van der Waals surface area (Å²) in [7, 11) is 0. The van der Waals surface area contributed by atoms with Crippen molar-refractivity contribution in [1.29, 1.82) is 0 Å². The van der Waals surface area contributed by atoms with Gasteiger partial charge in [-0.25, -0.2) is 14.6 Å². The minimum absolute atomic E-state index is 0.112. The van der Waals surface area contributed by atoms with E-state index in [4.69, 9.17) is 15.6 Å². The van der Waals surface area contributed by atoms with Crippen LogP contribution >= 0.6 is 0 Å². The lowest BCUT2D eigenvalue weighted by molar-refractivity contribution is 0.0527. The lowest BCUT2D eigenvalue weighted by Gasteiger charge is -2.19. The number of nitrogen functional groups attached to an aromatic ring is 1. The van der Waals surface area contributed by atoms with Crippen molar-refractivity contribution in [2.45, 2.75) is 32.8 Å². The number of ether oxygens (including phenoxy) is 1. The molecule has 0 radical (unpaired) electrons. The number of rotatable bonds is 4. The first kappa shape index (κ1) is 15.7. The molecule has 0 aliphatic heterocycles. The van der Waals surface area contributed by atoms with Gasteiger partial charge in [0.1, 0.15) is 5.60 Å². The Hall–Kier alpha value is -2.31. The number of alkyl carbamates (subject to hydrolysis) is 1. The van der Waals surface area contributed by atoms with Gasteiger partial charge in [0.2, 0.25) is 0 Å². The van der Waals surface area contributed by atoms with Crippen molar-refractivity contribution in [3.8, 4) is 0 Å². The topological polar surface area (TPSA) is 115 Å². The highest BCUT2D eigenvalue weighted by atomic mass is 16.6. The molecule has 7 heteroatoms. The third-order valence-electron chi connectivity index (χ3n) is 2.24. The van der Waals surface area contributed by atoms with Crippen molar-refractivity contribution < 1.29 is 19.4 Å². The molecule has 0 saturated heterocycles. The van der Waals surface area contributed by atoms with Crippen LogP contribution < -0.4 is 11.1 Å². The van der Waals surface area contributed by atoms with E-state index in [2.05, 4.69) is 10.3 Å². The van der Waals surface area contributed by atoms with Crippen molar-refractivity contribution in [3.05, 3.63) is 23.5 Å². The van der Waals surface area contributed by atoms with E-state index >= 15 is 0 Å². The maximum absolute atomic E-state index is 11.4. The van der Waals surface area contributed by atoms with E-state index in [0.29, 0.717) is 18.7 Å². The smallest absolute Gasteiger partial charge is 0.407 e. The van der Waals surface area contributed by atoms with Crippen LogP contribution in [-0.2, 0) is 11.2 Å². The molecule has 1 aromatic rings. The fraction of sp³-hybridized carbons (Fsp3) is 0.462. The Morgan fingerprint density at radius 1 is 1.40 bits per heavy atom. The van der Waals surface area contributed by atoms with Crippen LogP contribution in [0.15, 0.2) is 12.1 Å². The number of hydrogen-bond acceptors (Lipinski definition) is 5. The van der Waals surface area contributed by atoms with Crippen LogP contribution in [0.3, 0.4) is 0 Å². The lowest BCUT2D eigenvalue weighted by atomic mass is 10.2. The number of carboxylic acids is 1. The second-order valence-corrected chi connectivity index (χ2v) is 5.22. The average Bonchev–Trinajstić information content (AvgIpc) is 2.28. The summed E-state index contributed by atoms with van der Waals surface area (Å²) in [6, 6.07) is 3.11. The fourth-order valence-corrected chi connectivity index (χ4v) is 1.43. The SMILES string of the molecule is CC(C)(C)OC(=O)NCCc1ccc(N)c(C(=O)O)n1. The number of aromatic carboxylic acids is 1. The highest BCUT2D eigenvalue weighted by Gasteiger charge is 2.16. The van der Waals surface area contributed by atoms with E-state index in [-0.39, 0.29) is 11.4 Å². The molecule has 0 saturated carbocycles. The molecule has 0 spiro atoms. The van der Waals surface area contributed by atoms with Gasteiger partial charge in [-0.3, -0.25) is 0 Å². The molecule has 0 bridgehead atoms. The molecule has 0 aliphatic carbocycles. The molecule has 110 valence electrons. The first-order valence-corrected chi connectivity index (χ1v) is 6.14. The first-order valence-electron chi connectivity index (χ1n) is 6.14. The van der Waals surface area contributed by atoms with Crippen LogP contribution in [0, 0.1) is 0 Å². The van der Waals surface area contributed by atoms with Crippen LogP contribution in [0.4, 0.5) is 10.5 Å². The van der Waals surface area contributed by atoms with Gasteiger partial charge in [0.05, 0.1) is 5.69 Å². The van der Waals surface area contributed by atoms with Gasteiger partial charge in [0, 0.05) is 18.7 Å². The molecule has 0 aliphatic rings. The molecular formula is C13H19N3O4. The number of nitrogens with one attached hydrogen (secondary N) is 1. The molecular weight excluding hydrogens is 262 g/mol. The third-order valence-corrected chi connectivity index (χ3v) is 2.24. The van der Waals surface area contributed by atoms with Gasteiger partial charge in [-0.1, -0.05) is 0 Å². The third kappa shape index (κ3) is 5.13. The molecule has 7 nitrogen and oxygen atoms in total. The lowest BCUT2D eigenvalue weighted by Crippen LogP contribution is -2.33. The van der Waals surface area contributed by atoms with Crippen LogP contribution in [0.25, 0.3) is 0 Å². The van der Waals surface area contributed by atoms with Crippen molar-refractivity contribution >= 4 is 17.7 Å². The highest BCUT2D eigenvalue weighted by molar-refractivity contribution is 5.91. The number of carbonyl (C=O) groups is 2. The summed E-state index contributed by atoms with van der Waals surface area (Å²) in [5.74, 6) is -1.18. The summed E-state index contributed by atoms with van der Waals surface area (Å²) in [6.45, 7) is 5.61. The number of nitrogens with zero attached hydrogens (tertiary/aromatic N) is 1. The molecule has 1 aromatic heterocycles. The van der Waals surface area contributed by atoms with Crippen molar-refractivity contribution in [2.75, 3.05) is 12.3 Å². The van der Waals surface area contributed by atoms with Crippen LogP contribution in [0.1, 0.15) is 37.0 Å². The van der Waals surface area contributed by atoms with Gasteiger partial charge in [0.15, 0.2) is 5.69 Å². The Bertz CT molecular complexity index is 509. The Labute approximate surface area is 117 Å². The van der Waals surface area contributed by atoms with Crippen molar-refractivity contribution in [3.63, 3.8) is 0 Å². The number of carbonyl (C=O) groups excluding carboxylic acids is 1. The summed E-state index contributed by atoms with van der Waals surface area (Å²) in [6.07, 6.45) is -0.133. The van der Waals surface area contributed by atoms with Crippen LogP contribution in [0.5, 0.6) is 0 Å². The van der Waals surface area contributed by atoms with E-state index in [9.17, 15) is 9.59 Å². The zero-order valence-corrected chi connectivity index (χ0v) is 11.8. The normalized spacial score (nSPS) is 10.9. The summed E-state index contributed by atoms with van der Waals surface area (Å²) in [4.78, 5) is 26.2. The van der Waals surface area contributed by atoms with E-state index in [0.717, 1.165) is 0 Å². The molecule has 1 heterocycles. The van der Waals surface area contributed by atoms with Crippen molar-refractivity contribution in [2.24, 2.45) is 0 Å². The summed E-state index contributed by atoms with van der Waals surface area (Å²) < 4.78 is 5.07. The van der Waals surface area contributed by atoms with Gasteiger partial charge in [0.25, 0.3) is 0 Å². The molecule has 0 atom stereocenters. The summed E-state index contributed by atoms with van der Waals surface area (Å²) >= 11 is 0. The summed E-state index contributed by atoms with van der Waals surface area (Å²) in [5, 5.41) is 11.5. The number of amides is 1. The van der Waals surface area contributed by atoms with Gasteiger partial charge in [-0.15, -0.1) is 0 Å². The number of anilines is 1. The van der Waals surface area contributed by atoms with E-state index < -0.39 is 17.7 Å². The molecule has 0 fully saturated rings. The van der Waals surface area contributed by atoms with Gasteiger partial charge < -0.3 is 20.9 Å². The minimum atomic E-state index is -1.18. The monoisotopic (exact) mass is 281 g/mol. The standard InChI is InChI=1S/C13H19N3O4/c1-13(2,3)20-12(19)15-7-6-8-4-5-9(14)10(16-8)11(17)18/h4-5H,6-7,14H2,1-3H3,(H,15,19)(H,17,18). The Morgan fingerprint density at radius 3 is 2.60 bits per heavy atom. The van der Waals surface area contributed by atoms with Crippen molar-refractivity contribution in [1.82, 2.24) is 10.3 Å². The molecule has 1 rings (SSSR count). The predicted molar refractivity (Wildman–Crippen MR) is 73.5 cm³/mol. The Morgan fingerprint density at radius 2 is 2.05 bits per heavy atom. The molecule has 4 N–H and O–H groups in total. The van der Waals surface area contributed by atoms with E-state index in [1.807, 2.05) is 0 Å². The first-order chi connectivity index (χ1) is 9.19. The molecule has 0 aromatic carbocycles. The van der Waals surface area contributed by atoms with Gasteiger partial charge in [-0.05, 0) is 32.9 Å². The fourth-order valence-electron chi connectivity index (χ4n) is 1.43. The molecule has 0 unspecified atom stereocenters. The second-order valence-electron chi connectivity index (χ2n) is 5.22. The zero-order valence-electron chi connectivity index (χ0n) is 11.8. The molecule has 1 amide bonds. The predicted octanol–water partition coefficient (Wildman–Crippen LogP) is 1.43. The zero-order chi connectivity index (χ0) is 15.3. The number of aromatic nitrogens is 1. The van der Waals surface area contributed by atoms with Crippen LogP contribution in [-0.4, -0.2) is 34.3 Å². The maximum Gasteiger partial charge on any atom is 0.407 e. The number of pyridine rings is 1. The highest BCUT2D eigenvalue weighted by Crippen LogP contribution is 2.10. The average molecular weight is 281 g/mol. The quantitative estimate of drug-likeness (QED) is 0.769. The largest absolute Gasteiger partial charge is 0.476 e. The Kier molecular flexibility index (Phi) is 4.90. The Balaban J connectivity index is 2.53.